The first kappa shape index (κ1) is 24.5. The van der Waals surface area contributed by atoms with Gasteiger partial charge in [0.05, 0.1) is 24.5 Å². The first-order chi connectivity index (χ1) is 15.6. The Bertz CT molecular complexity index is 941. The maximum atomic E-state index is 4.84. The summed E-state index contributed by atoms with van der Waals surface area (Å²) in [6.07, 6.45) is 1.83. The molecule has 3 rings (SSSR count). The van der Waals surface area contributed by atoms with Gasteiger partial charge in [-0.1, -0.05) is 59.7 Å². The highest BCUT2D eigenvalue weighted by Crippen LogP contribution is 2.20. The first-order valence-corrected chi connectivity index (χ1v) is 11.6. The molecule has 0 aromatic carbocycles. The van der Waals surface area contributed by atoms with Gasteiger partial charge in [-0.3, -0.25) is 0 Å². The first-order valence-electron chi connectivity index (χ1n) is 11.6. The third-order valence-electron chi connectivity index (χ3n) is 4.89. The summed E-state index contributed by atoms with van der Waals surface area (Å²) < 4.78 is 0. The Balaban J connectivity index is 1.77. The van der Waals surface area contributed by atoms with E-state index in [0.29, 0.717) is 13.1 Å². The molecule has 0 amide bonds. The quantitative estimate of drug-likeness (QED) is 0.421. The lowest BCUT2D eigenvalue weighted by atomic mass is 9.97. The third kappa shape index (κ3) is 8.72. The number of hydrogen-bond acceptors (Lipinski definition) is 6. The third-order valence-corrected chi connectivity index (χ3v) is 4.89. The van der Waals surface area contributed by atoms with Crippen LogP contribution in [0.3, 0.4) is 0 Å². The van der Waals surface area contributed by atoms with Crippen LogP contribution in [0.15, 0.2) is 60.8 Å². The maximum absolute atomic E-state index is 4.84. The molecule has 176 valence electrons. The van der Waals surface area contributed by atoms with Crippen LogP contribution in [0.2, 0.25) is 0 Å². The second kappa shape index (κ2) is 10.6. The molecule has 6 heteroatoms. The Morgan fingerprint density at radius 2 is 1.18 bits per heavy atom. The molecule has 0 saturated carbocycles. The molecule has 3 aromatic heterocycles. The highest BCUT2D eigenvalue weighted by atomic mass is 15.2. The highest BCUT2D eigenvalue weighted by Gasteiger charge is 2.14. The highest BCUT2D eigenvalue weighted by molar-refractivity contribution is 5.42. The normalized spacial score (nSPS) is 11.8. The van der Waals surface area contributed by atoms with Crippen LogP contribution < -0.4 is 15.5 Å². The van der Waals surface area contributed by atoms with Crippen molar-refractivity contribution in [3.05, 3.63) is 72.2 Å². The number of hydrogen-bond donors (Lipinski definition) is 2. The Morgan fingerprint density at radius 1 is 0.667 bits per heavy atom. The SMILES string of the molecule is CC(C)(C)CNc1cccc(CN(Cc2cccc(NCC(C)(C)C)n2)c2ccccn2)n1. The maximum Gasteiger partial charge on any atom is 0.129 e. The summed E-state index contributed by atoms with van der Waals surface area (Å²) in [6, 6.07) is 18.3. The minimum absolute atomic E-state index is 0.190. The zero-order valence-corrected chi connectivity index (χ0v) is 20.9. The van der Waals surface area contributed by atoms with Gasteiger partial charge in [0.15, 0.2) is 0 Å². The molecule has 0 aliphatic carbocycles. The van der Waals surface area contributed by atoms with Crippen LogP contribution >= 0.6 is 0 Å². The number of pyridine rings is 3. The van der Waals surface area contributed by atoms with E-state index >= 15 is 0 Å². The van der Waals surface area contributed by atoms with E-state index in [-0.39, 0.29) is 10.8 Å². The van der Waals surface area contributed by atoms with Gasteiger partial charge in [0.25, 0.3) is 0 Å². The molecule has 0 aliphatic rings. The molecule has 2 N–H and O–H groups in total. The lowest BCUT2D eigenvalue weighted by Crippen LogP contribution is -2.25. The van der Waals surface area contributed by atoms with Crippen molar-refractivity contribution in [1.82, 2.24) is 15.0 Å². The van der Waals surface area contributed by atoms with E-state index in [9.17, 15) is 0 Å². The smallest absolute Gasteiger partial charge is 0.129 e. The van der Waals surface area contributed by atoms with E-state index in [2.05, 4.69) is 86.3 Å². The van der Waals surface area contributed by atoms with Crippen LogP contribution in [-0.2, 0) is 13.1 Å². The van der Waals surface area contributed by atoms with Gasteiger partial charge in [-0.15, -0.1) is 0 Å². The van der Waals surface area contributed by atoms with Gasteiger partial charge < -0.3 is 15.5 Å². The van der Waals surface area contributed by atoms with Crippen molar-refractivity contribution in [3.63, 3.8) is 0 Å². The molecule has 0 fully saturated rings. The van der Waals surface area contributed by atoms with E-state index in [1.807, 2.05) is 36.5 Å². The molecular formula is C27H38N6. The van der Waals surface area contributed by atoms with Crippen LogP contribution in [0.5, 0.6) is 0 Å². The molecule has 0 unspecified atom stereocenters. The van der Waals surface area contributed by atoms with Gasteiger partial charge in [0.1, 0.15) is 17.5 Å². The number of nitrogens with one attached hydrogen (secondary N) is 2. The van der Waals surface area contributed by atoms with Crippen LogP contribution in [0.4, 0.5) is 17.5 Å². The summed E-state index contributed by atoms with van der Waals surface area (Å²) in [5, 5.41) is 6.91. The molecule has 0 saturated heterocycles. The molecular weight excluding hydrogens is 408 g/mol. The summed E-state index contributed by atoms with van der Waals surface area (Å²) in [5.74, 6) is 2.70. The summed E-state index contributed by atoms with van der Waals surface area (Å²) in [7, 11) is 0. The van der Waals surface area contributed by atoms with Crippen molar-refractivity contribution < 1.29 is 0 Å². The molecule has 6 nitrogen and oxygen atoms in total. The van der Waals surface area contributed by atoms with Gasteiger partial charge in [0.2, 0.25) is 0 Å². The van der Waals surface area contributed by atoms with Crippen LogP contribution in [-0.4, -0.2) is 28.0 Å². The van der Waals surface area contributed by atoms with Crippen LogP contribution in [0, 0.1) is 10.8 Å². The van der Waals surface area contributed by atoms with Gasteiger partial charge in [-0.2, -0.15) is 0 Å². The van der Waals surface area contributed by atoms with Gasteiger partial charge >= 0.3 is 0 Å². The summed E-state index contributed by atoms with van der Waals surface area (Å²) in [4.78, 5) is 16.5. The van der Waals surface area contributed by atoms with Crippen molar-refractivity contribution in [2.24, 2.45) is 10.8 Å². The molecule has 0 spiro atoms. The van der Waals surface area contributed by atoms with Crippen molar-refractivity contribution >= 4 is 17.5 Å². The van der Waals surface area contributed by atoms with E-state index < -0.39 is 0 Å². The zero-order valence-electron chi connectivity index (χ0n) is 20.9. The lowest BCUT2D eigenvalue weighted by Gasteiger charge is -2.24. The summed E-state index contributed by atoms with van der Waals surface area (Å²) >= 11 is 0. The molecule has 33 heavy (non-hydrogen) atoms. The van der Waals surface area contributed by atoms with Gasteiger partial charge in [-0.05, 0) is 47.2 Å². The van der Waals surface area contributed by atoms with Crippen LogP contribution in [0.1, 0.15) is 52.9 Å². The number of anilines is 3. The van der Waals surface area contributed by atoms with Crippen molar-refractivity contribution in [3.8, 4) is 0 Å². The fraction of sp³-hybridized carbons (Fsp3) is 0.444. The minimum atomic E-state index is 0.190. The summed E-state index contributed by atoms with van der Waals surface area (Å²) in [6.45, 7) is 16.3. The molecule has 0 radical (unpaired) electrons. The van der Waals surface area contributed by atoms with Crippen molar-refractivity contribution in [2.45, 2.75) is 54.6 Å². The van der Waals surface area contributed by atoms with Crippen LogP contribution in [0.25, 0.3) is 0 Å². The second-order valence-electron chi connectivity index (χ2n) is 10.9. The van der Waals surface area contributed by atoms with E-state index in [4.69, 9.17) is 9.97 Å². The molecule has 3 heterocycles. The summed E-state index contributed by atoms with van der Waals surface area (Å²) in [5.41, 5.74) is 2.35. The average Bonchev–Trinajstić information content (AvgIpc) is 2.76. The predicted molar refractivity (Wildman–Crippen MR) is 138 cm³/mol. The number of rotatable bonds is 9. The largest absolute Gasteiger partial charge is 0.370 e. The fourth-order valence-corrected chi connectivity index (χ4v) is 3.19. The molecule has 0 aliphatic heterocycles. The van der Waals surface area contributed by atoms with E-state index in [1.54, 1.807) is 0 Å². The number of aromatic nitrogens is 3. The predicted octanol–water partition coefficient (Wildman–Crippen LogP) is 5.99. The van der Waals surface area contributed by atoms with Crippen molar-refractivity contribution in [1.29, 1.82) is 0 Å². The van der Waals surface area contributed by atoms with Crippen molar-refractivity contribution in [2.75, 3.05) is 28.6 Å². The molecule has 3 aromatic rings. The van der Waals surface area contributed by atoms with Gasteiger partial charge in [0, 0.05) is 19.3 Å². The Labute approximate surface area is 198 Å². The Hall–Kier alpha value is -3.15. The minimum Gasteiger partial charge on any atom is -0.370 e. The van der Waals surface area contributed by atoms with E-state index in [0.717, 1.165) is 41.9 Å². The zero-order chi connectivity index (χ0) is 23.9. The van der Waals surface area contributed by atoms with E-state index in [1.165, 1.54) is 0 Å². The standard InChI is InChI=1S/C27H38N6/c1-26(2,3)19-29-23-13-9-11-21(31-23)17-33(25-15-7-8-16-28-25)18-22-12-10-14-24(32-22)30-20-27(4,5)6/h7-16H,17-20H2,1-6H3,(H,29,31)(H,30,32). The molecule has 0 atom stereocenters. The topological polar surface area (TPSA) is 66.0 Å². The Kier molecular flexibility index (Phi) is 7.90. The number of nitrogens with zero attached hydrogens (tertiary/aromatic N) is 4. The molecule has 0 bridgehead atoms. The second-order valence-corrected chi connectivity index (χ2v) is 10.9. The average molecular weight is 447 g/mol. The van der Waals surface area contributed by atoms with Gasteiger partial charge in [-0.25, -0.2) is 15.0 Å². The monoisotopic (exact) mass is 446 g/mol. The fourth-order valence-electron chi connectivity index (χ4n) is 3.19. The Morgan fingerprint density at radius 3 is 1.61 bits per heavy atom. The lowest BCUT2D eigenvalue weighted by molar-refractivity contribution is 0.442.